The van der Waals surface area contributed by atoms with Gasteiger partial charge in [0.15, 0.2) is 0 Å². The second kappa shape index (κ2) is 4.70. The number of halogens is 3. The van der Waals surface area contributed by atoms with Gasteiger partial charge in [-0.25, -0.2) is 0 Å². The Balaban J connectivity index is 2.67. The van der Waals surface area contributed by atoms with Crippen LogP contribution in [0.2, 0.25) is 0 Å². The summed E-state index contributed by atoms with van der Waals surface area (Å²) in [6, 6.07) is 0. The molecule has 6 nitrogen and oxygen atoms in total. The van der Waals surface area contributed by atoms with Gasteiger partial charge in [-0.3, -0.25) is 9.59 Å². The number of hydrogen-bond donors (Lipinski definition) is 0. The van der Waals surface area contributed by atoms with Crippen LogP contribution in [0.15, 0.2) is 0 Å². The molecule has 1 rings (SSSR count). The van der Waals surface area contributed by atoms with Crippen LogP contribution in [0, 0.1) is 11.8 Å². The molecule has 1 saturated heterocycles. The van der Waals surface area contributed by atoms with Crippen molar-refractivity contribution in [3.8, 4) is 0 Å². The van der Waals surface area contributed by atoms with Crippen LogP contribution >= 0.6 is 0 Å². The molecule has 0 saturated carbocycles. The molecule has 1 aliphatic heterocycles. The fourth-order valence-electron chi connectivity index (χ4n) is 1.13. The van der Waals surface area contributed by atoms with Gasteiger partial charge in [-0.2, -0.15) is 8.39 Å². The molecule has 1 heterocycles. The van der Waals surface area contributed by atoms with Gasteiger partial charge < -0.3 is 0 Å². The summed E-state index contributed by atoms with van der Waals surface area (Å²) in [5.74, 6) is -3.21. The van der Waals surface area contributed by atoms with Gasteiger partial charge in [0.1, 0.15) is 0 Å². The van der Waals surface area contributed by atoms with Crippen molar-refractivity contribution in [1.29, 1.82) is 0 Å². The summed E-state index contributed by atoms with van der Waals surface area (Å²) in [4.78, 5) is 22.7. The number of hydroxylamine groups is 2. The highest BCUT2D eigenvalue weighted by atomic mass is 32.2. The number of imide groups is 1. The predicted octanol–water partition coefficient (Wildman–Crippen LogP) is 0.674. The molecule has 0 radical (unpaired) electrons. The van der Waals surface area contributed by atoms with Gasteiger partial charge >= 0.3 is 17.7 Å². The number of carbonyl (C=O) groups is 2. The van der Waals surface area contributed by atoms with Crippen molar-refractivity contribution in [2.75, 3.05) is 0 Å². The van der Waals surface area contributed by atoms with Crippen LogP contribution in [0.4, 0.5) is 13.2 Å². The zero-order valence-electron chi connectivity index (χ0n) is 8.69. The maximum atomic E-state index is 11.6. The Morgan fingerprint density at radius 3 is 1.94 bits per heavy atom. The SMILES string of the molecule is CC1C(=O)N(OS(=O)OC(F)(F)F)C(=O)C1C. The summed E-state index contributed by atoms with van der Waals surface area (Å²) in [5, 5.41) is 0.0389. The maximum Gasteiger partial charge on any atom is 0.537 e. The van der Waals surface area contributed by atoms with E-state index in [2.05, 4.69) is 8.47 Å². The molecule has 0 aromatic carbocycles. The minimum atomic E-state index is -5.19. The van der Waals surface area contributed by atoms with E-state index in [0.717, 1.165) is 0 Å². The Hall–Kier alpha value is -1.00. The lowest BCUT2D eigenvalue weighted by Crippen LogP contribution is -2.33. The van der Waals surface area contributed by atoms with E-state index < -0.39 is 41.4 Å². The molecule has 0 spiro atoms. The van der Waals surface area contributed by atoms with E-state index in [9.17, 15) is 27.0 Å². The first-order valence-corrected chi connectivity index (χ1v) is 5.37. The van der Waals surface area contributed by atoms with Crippen molar-refractivity contribution in [3.05, 3.63) is 0 Å². The van der Waals surface area contributed by atoms with Gasteiger partial charge in [-0.05, 0) is 0 Å². The summed E-state index contributed by atoms with van der Waals surface area (Å²) in [6.07, 6.45) is -5.19. The second-order valence-corrected chi connectivity index (χ2v) is 4.08. The number of alkyl halides is 3. The minimum absolute atomic E-state index is 0.0389. The van der Waals surface area contributed by atoms with Crippen molar-refractivity contribution < 1.29 is 35.4 Å². The zero-order valence-corrected chi connectivity index (χ0v) is 9.50. The number of rotatable bonds is 3. The molecular weight excluding hydrogens is 267 g/mol. The lowest BCUT2D eigenvalue weighted by Gasteiger charge is -2.12. The molecule has 1 aliphatic rings. The van der Waals surface area contributed by atoms with Crippen molar-refractivity contribution in [1.82, 2.24) is 5.06 Å². The molecule has 10 heteroatoms. The van der Waals surface area contributed by atoms with E-state index in [1.54, 1.807) is 0 Å². The van der Waals surface area contributed by atoms with E-state index in [4.69, 9.17) is 0 Å². The van der Waals surface area contributed by atoms with Crippen LogP contribution in [0.3, 0.4) is 0 Å². The average Bonchev–Trinajstić information content (AvgIpc) is 2.33. The molecule has 0 aliphatic carbocycles. The Kier molecular flexibility index (Phi) is 3.89. The van der Waals surface area contributed by atoms with Crippen LogP contribution in [0.1, 0.15) is 13.8 Å². The van der Waals surface area contributed by atoms with Gasteiger partial charge in [0.2, 0.25) is 0 Å². The first kappa shape index (κ1) is 14.1. The molecule has 2 amide bonds. The monoisotopic (exact) mass is 275 g/mol. The van der Waals surface area contributed by atoms with E-state index >= 15 is 0 Å². The molecule has 98 valence electrons. The second-order valence-electron chi connectivity index (χ2n) is 3.36. The van der Waals surface area contributed by atoms with Gasteiger partial charge in [-0.15, -0.1) is 22.5 Å². The largest absolute Gasteiger partial charge is 0.537 e. The predicted molar refractivity (Wildman–Crippen MR) is 46.5 cm³/mol. The standard InChI is InChI=1S/C7H8F3NO5S/c1-3-4(2)6(13)11(5(3)12)16-17(14)15-7(8,9)10/h3-4H,1-2H3. The smallest absolute Gasteiger partial charge is 0.272 e. The number of nitrogens with zero attached hydrogens (tertiary/aromatic N) is 1. The summed E-state index contributed by atoms with van der Waals surface area (Å²) in [5.41, 5.74) is 0. The number of hydrogen-bond acceptors (Lipinski definition) is 5. The summed E-state index contributed by atoms with van der Waals surface area (Å²) in [7, 11) is 0. The third-order valence-electron chi connectivity index (χ3n) is 2.23. The fourth-order valence-corrected chi connectivity index (χ4v) is 1.59. The summed E-state index contributed by atoms with van der Waals surface area (Å²) in [6.45, 7) is 2.81. The van der Waals surface area contributed by atoms with Crippen molar-refractivity contribution in [3.63, 3.8) is 0 Å². The molecule has 0 bridgehead atoms. The summed E-state index contributed by atoms with van der Waals surface area (Å²) >= 11 is -3.29. The van der Waals surface area contributed by atoms with Gasteiger partial charge in [0.05, 0.1) is 0 Å². The van der Waals surface area contributed by atoms with Gasteiger partial charge in [0, 0.05) is 11.8 Å². The molecule has 3 atom stereocenters. The van der Waals surface area contributed by atoms with Crippen LogP contribution in [-0.2, 0) is 29.4 Å². The zero-order chi connectivity index (χ0) is 13.4. The Morgan fingerprint density at radius 1 is 1.18 bits per heavy atom. The van der Waals surface area contributed by atoms with Gasteiger partial charge in [-0.1, -0.05) is 13.8 Å². The highest BCUT2D eigenvalue weighted by Crippen LogP contribution is 2.27. The first-order chi connectivity index (χ1) is 7.63. The third kappa shape index (κ3) is 3.23. The maximum absolute atomic E-state index is 11.6. The van der Waals surface area contributed by atoms with Crippen molar-refractivity contribution in [2.45, 2.75) is 20.2 Å². The van der Waals surface area contributed by atoms with E-state index in [1.807, 2.05) is 0 Å². The Bertz CT molecular complexity index is 351. The molecular formula is C7H8F3NO5S. The summed E-state index contributed by atoms with van der Waals surface area (Å²) < 4.78 is 52.6. The average molecular weight is 275 g/mol. The molecule has 0 aromatic rings. The van der Waals surface area contributed by atoms with Crippen LogP contribution < -0.4 is 0 Å². The highest BCUT2D eigenvalue weighted by Gasteiger charge is 2.46. The minimum Gasteiger partial charge on any atom is -0.272 e. The van der Waals surface area contributed by atoms with Crippen LogP contribution in [0.25, 0.3) is 0 Å². The molecule has 17 heavy (non-hydrogen) atoms. The lowest BCUT2D eigenvalue weighted by atomic mass is 10.00. The van der Waals surface area contributed by atoms with Crippen molar-refractivity contribution >= 4 is 23.2 Å². The number of carbonyl (C=O) groups excluding carboxylic acids is 2. The first-order valence-electron chi connectivity index (χ1n) is 4.37. The molecule has 3 unspecified atom stereocenters. The Morgan fingerprint density at radius 2 is 1.59 bits per heavy atom. The molecule has 0 N–H and O–H groups in total. The normalized spacial score (nSPS) is 27.7. The van der Waals surface area contributed by atoms with Crippen LogP contribution in [-0.4, -0.2) is 27.4 Å². The van der Waals surface area contributed by atoms with Crippen molar-refractivity contribution in [2.24, 2.45) is 11.8 Å². The van der Waals surface area contributed by atoms with Crippen LogP contribution in [0.5, 0.6) is 0 Å². The number of amides is 2. The topological polar surface area (TPSA) is 72.9 Å². The lowest BCUT2D eigenvalue weighted by molar-refractivity contribution is -0.275. The third-order valence-corrected chi connectivity index (χ3v) is 2.82. The van der Waals surface area contributed by atoms with E-state index in [1.165, 1.54) is 13.8 Å². The molecule has 0 aromatic heterocycles. The van der Waals surface area contributed by atoms with E-state index in [-0.39, 0.29) is 5.06 Å². The molecule has 1 fully saturated rings. The van der Waals surface area contributed by atoms with E-state index in [0.29, 0.717) is 0 Å². The Labute approximate surface area is 96.5 Å². The highest BCUT2D eigenvalue weighted by molar-refractivity contribution is 7.75. The van der Waals surface area contributed by atoms with Gasteiger partial charge in [0.25, 0.3) is 11.8 Å². The quantitative estimate of drug-likeness (QED) is 0.708. The fraction of sp³-hybridized carbons (Fsp3) is 0.714.